The van der Waals surface area contributed by atoms with E-state index < -0.39 is 44.3 Å². The fourth-order valence-corrected chi connectivity index (χ4v) is 14.7. The number of carboxylic acids is 2. The van der Waals surface area contributed by atoms with Gasteiger partial charge in [0.25, 0.3) is 0 Å². The monoisotopic (exact) mass is 1300 g/mol. The highest BCUT2D eigenvalue weighted by Gasteiger charge is 2.64. The molecule has 2 spiro atoms. The predicted molar refractivity (Wildman–Crippen MR) is 345 cm³/mol. The van der Waals surface area contributed by atoms with Gasteiger partial charge < -0.3 is 38.1 Å². The minimum atomic E-state index is -0.695. The second kappa shape index (κ2) is 23.3. The molecule has 0 amide bonds. The van der Waals surface area contributed by atoms with Gasteiger partial charge >= 0.3 is 33.1 Å². The Hall–Kier alpha value is -4.89. The number of carboxylic acid groups (broad SMARTS) is 2. The zero-order valence-corrected chi connectivity index (χ0v) is 55.6. The molecule has 4 aromatic carbocycles. The fourth-order valence-electron chi connectivity index (χ4n) is 14.1. The number of hydrogen-bond donors (Lipinski definition) is 2. The number of aromatic nitrogens is 4. The standard InChI is InChI=1S/C30H34BClN2O5.C24H22BrClN2O3.C12H24B2O4/c1-28(2)29(3,4)39-31(38-28)21-7-5-18(6-8-21)17-34-26-22(9-10-24(32)23(26)16-33-34)25(35)11-19-12-30(13-19)14-20(15-30)27(36)37;25-17-3-1-14(2-4-17)13-28-22-18(5-6-20(26)19(22)12-27-28)21(29)7-15-8-24(9-15)10-16(11-24)23(30)31;1-9(2)10(3,4)16-13(15-9)14-17-11(5,6)12(7,8)18-14/h5-10,16,19-20H,11-15,17H2,1-4H3,(H,36,37);1-6,12,15-16H,7-11,13H2,(H,30,31);1-8H3. The van der Waals surface area contributed by atoms with Crippen molar-refractivity contribution < 1.29 is 57.3 Å². The predicted octanol–water partition coefficient (Wildman–Crippen LogP) is 13.7. The molecule has 4 saturated carbocycles. The molecule has 88 heavy (non-hydrogen) atoms. The molecular formula is C66H80B3BrCl2N4O12. The summed E-state index contributed by atoms with van der Waals surface area (Å²) in [5.41, 5.74) is 4.01. The van der Waals surface area contributed by atoms with Gasteiger partial charge in [0.15, 0.2) is 11.6 Å². The summed E-state index contributed by atoms with van der Waals surface area (Å²) in [7, 11) is -1.37. The summed E-state index contributed by atoms with van der Waals surface area (Å²) in [6.45, 7) is 25.4. The van der Waals surface area contributed by atoms with Crippen molar-refractivity contribution in [2.24, 2.45) is 34.5 Å². The lowest BCUT2D eigenvalue weighted by atomic mass is 9.47. The molecule has 2 aromatic heterocycles. The van der Waals surface area contributed by atoms with Crippen LogP contribution in [0.3, 0.4) is 0 Å². The molecule has 6 aromatic rings. The number of nitrogens with zero attached hydrogens (tertiary/aromatic N) is 4. The highest BCUT2D eigenvalue weighted by Crippen LogP contribution is 2.63. The fraction of sp³-hybridized carbons (Fsp3) is 0.545. The highest BCUT2D eigenvalue weighted by atomic mass is 79.9. The molecule has 16 nitrogen and oxygen atoms in total. The van der Waals surface area contributed by atoms with Crippen LogP contribution in [0, 0.1) is 34.5 Å². The molecule has 2 N–H and O–H groups in total. The summed E-state index contributed by atoms with van der Waals surface area (Å²) < 4.78 is 40.9. The number of carbonyl (C=O) groups is 4. The lowest BCUT2D eigenvalue weighted by molar-refractivity contribution is -0.158. The number of halogens is 3. The van der Waals surface area contributed by atoms with Crippen LogP contribution in [0.1, 0.15) is 179 Å². The minimum absolute atomic E-state index is 0.0866. The molecule has 3 saturated heterocycles. The molecule has 5 heterocycles. The average molecular weight is 1300 g/mol. The summed E-state index contributed by atoms with van der Waals surface area (Å²) in [4.78, 5) is 48.9. The van der Waals surface area contributed by atoms with E-state index in [2.05, 4.69) is 26.1 Å². The van der Waals surface area contributed by atoms with Crippen LogP contribution in [0.4, 0.5) is 0 Å². The third-order valence-corrected chi connectivity index (χ3v) is 22.4. The lowest BCUT2D eigenvalue weighted by Gasteiger charge is -2.56. The van der Waals surface area contributed by atoms with Crippen LogP contribution in [0.2, 0.25) is 10.0 Å². The summed E-state index contributed by atoms with van der Waals surface area (Å²) in [6, 6.07) is 23.3. The number of aliphatic carboxylic acids is 2. The number of ketones is 2. The van der Waals surface area contributed by atoms with Crippen LogP contribution < -0.4 is 5.46 Å². The molecule has 466 valence electrons. The Morgan fingerprint density at radius 3 is 1.17 bits per heavy atom. The lowest BCUT2D eigenvalue weighted by Crippen LogP contribution is -2.50. The van der Waals surface area contributed by atoms with Crippen molar-refractivity contribution in [2.75, 3.05) is 0 Å². The van der Waals surface area contributed by atoms with Crippen molar-refractivity contribution in [3.63, 3.8) is 0 Å². The quantitative estimate of drug-likeness (QED) is 0.0771. The van der Waals surface area contributed by atoms with Gasteiger partial charge in [0.05, 0.1) is 92.0 Å². The van der Waals surface area contributed by atoms with Crippen molar-refractivity contribution >= 4 is 111 Å². The Labute approximate surface area is 535 Å². The molecule has 7 aliphatic rings. The minimum Gasteiger partial charge on any atom is -0.481 e. The van der Waals surface area contributed by atoms with Gasteiger partial charge in [-0.05, 0) is 210 Å². The molecule has 22 heteroatoms. The number of fused-ring (bicyclic) bond motifs is 2. The maximum atomic E-state index is 13.5. The summed E-state index contributed by atoms with van der Waals surface area (Å²) in [6.07, 6.45) is 11.2. The maximum absolute atomic E-state index is 13.5. The van der Waals surface area contributed by atoms with E-state index >= 15 is 0 Å². The van der Waals surface area contributed by atoms with Crippen LogP contribution in [0.5, 0.6) is 0 Å². The first-order chi connectivity index (χ1) is 41.1. The SMILES string of the molecule is CC1(C)OB(B2OC(C)(C)C(C)(C)O2)OC1(C)C.CC1(C)OB(c2ccc(Cn3ncc4c(Cl)ccc(C(=O)CC5CC6(C5)CC(C(=O)O)C6)c43)cc2)OC1(C)C.O=C(CC1CC2(C1)CC(C(=O)O)C2)c1ccc(Cl)c2cnn(Cc3ccc(Br)cc3)c12. The van der Waals surface area contributed by atoms with Gasteiger partial charge in [-0.2, -0.15) is 10.2 Å². The van der Waals surface area contributed by atoms with Gasteiger partial charge in [0.2, 0.25) is 0 Å². The summed E-state index contributed by atoms with van der Waals surface area (Å²) >= 11 is 16.3. The molecule has 0 unspecified atom stereocenters. The third kappa shape index (κ3) is 12.5. The molecule has 4 aliphatic carbocycles. The molecular weight excluding hydrogens is 1220 g/mol. The first-order valence-corrected chi connectivity index (χ1v) is 32.3. The van der Waals surface area contributed by atoms with Crippen molar-refractivity contribution in [3.8, 4) is 0 Å². The molecule has 13 rings (SSSR count). The smallest absolute Gasteiger partial charge is 0.481 e. The van der Waals surface area contributed by atoms with Crippen LogP contribution in [-0.4, -0.2) is 108 Å². The van der Waals surface area contributed by atoms with E-state index in [1.807, 2.05) is 153 Å². The van der Waals surface area contributed by atoms with Gasteiger partial charge in [0, 0.05) is 39.2 Å². The van der Waals surface area contributed by atoms with E-state index in [9.17, 15) is 24.3 Å². The van der Waals surface area contributed by atoms with Crippen LogP contribution in [0.15, 0.2) is 89.7 Å². The Bertz CT molecular complexity index is 3590. The second-order valence-electron chi connectivity index (χ2n) is 29.2. The van der Waals surface area contributed by atoms with Gasteiger partial charge in [-0.25, -0.2) is 0 Å². The van der Waals surface area contributed by atoms with E-state index in [1.54, 1.807) is 24.5 Å². The van der Waals surface area contributed by atoms with Gasteiger partial charge in [-0.15, -0.1) is 0 Å². The van der Waals surface area contributed by atoms with Gasteiger partial charge in [0.1, 0.15) is 0 Å². The van der Waals surface area contributed by atoms with E-state index in [4.69, 9.17) is 56.2 Å². The summed E-state index contributed by atoms with van der Waals surface area (Å²) in [5, 5.41) is 30.1. The molecule has 0 bridgehead atoms. The van der Waals surface area contributed by atoms with E-state index in [0.29, 0.717) is 58.9 Å². The number of rotatable bonds is 14. The highest BCUT2D eigenvalue weighted by molar-refractivity contribution is 9.10. The Kier molecular flexibility index (Phi) is 17.2. The molecule has 3 aliphatic heterocycles. The number of hydrogen-bond acceptors (Lipinski definition) is 12. The first-order valence-electron chi connectivity index (χ1n) is 30.8. The van der Waals surface area contributed by atoms with E-state index in [0.717, 1.165) is 94.2 Å². The zero-order valence-electron chi connectivity index (χ0n) is 52.5. The van der Waals surface area contributed by atoms with Gasteiger partial charge in [-0.1, -0.05) is 75.5 Å². The Morgan fingerprint density at radius 1 is 0.500 bits per heavy atom. The van der Waals surface area contributed by atoms with Crippen molar-refractivity contribution in [3.05, 3.63) is 122 Å². The number of benzene rings is 4. The second-order valence-corrected chi connectivity index (χ2v) is 30.9. The largest absolute Gasteiger partial charge is 0.494 e. The molecule has 0 atom stereocenters. The van der Waals surface area contributed by atoms with E-state index in [1.165, 1.54) is 0 Å². The van der Waals surface area contributed by atoms with Crippen LogP contribution in [0.25, 0.3) is 21.8 Å². The normalized spacial score (nSPS) is 27.2. The average Bonchev–Trinajstić information content (AvgIpc) is 2.47. The van der Waals surface area contributed by atoms with Crippen LogP contribution >= 0.6 is 39.1 Å². The number of Topliss-reactive ketones (excluding diaryl/α,β-unsaturated/α-hetero) is 2. The van der Waals surface area contributed by atoms with Crippen molar-refractivity contribution in [1.29, 1.82) is 0 Å². The summed E-state index contributed by atoms with van der Waals surface area (Å²) in [5.74, 6) is -0.963. The topological polar surface area (TPSA) is 200 Å². The first kappa shape index (κ1) is 64.6. The Balaban J connectivity index is 0.000000146. The molecule has 0 radical (unpaired) electrons. The van der Waals surface area contributed by atoms with Crippen LogP contribution in [-0.2, 0) is 50.6 Å². The van der Waals surface area contributed by atoms with Crippen molar-refractivity contribution in [2.45, 2.75) is 194 Å². The number of carbonyl (C=O) groups excluding carboxylic acids is 2. The maximum Gasteiger partial charge on any atom is 0.494 e. The van der Waals surface area contributed by atoms with Crippen molar-refractivity contribution in [1.82, 2.24) is 19.6 Å². The third-order valence-electron chi connectivity index (χ3n) is 21.2. The zero-order chi connectivity index (χ0) is 63.5. The van der Waals surface area contributed by atoms with Gasteiger partial charge in [-0.3, -0.25) is 28.5 Å². The molecule has 7 fully saturated rings. The van der Waals surface area contributed by atoms with E-state index in [-0.39, 0.29) is 56.6 Å². The Morgan fingerprint density at radius 2 is 0.830 bits per heavy atom.